The molecule has 0 aliphatic carbocycles. The lowest BCUT2D eigenvalue weighted by molar-refractivity contribution is 0.122. The van der Waals surface area contributed by atoms with Crippen molar-refractivity contribution in [3.63, 3.8) is 0 Å². The maximum absolute atomic E-state index is 12.5. The molecule has 1 fully saturated rings. The number of hydrogen-bond donors (Lipinski definition) is 2. The Bertz CT molecular complexity index is 1180. The summed E-state index contributed by atoms with van der Waals surface area (Å²) in [4.78, 5) is 11.2. The second-order valence-electron chi connectivity index (χ2n) is 7.49. The minimum Gasteiger partial charge on any atom is -0.378 e. The zero-order chi connectivity index (χ0) is 22.6. The van der Waals surface area contributed by atoms with E-state index in [1.807, 2.05) is 13.0 Å². The summed E-state index contributed by atoms with van der Waals surface area (Å²) in [6.45, 7) is 4.76. The van der Waals surface area contributed by atoms with Crippen molar-refractivity contribution in [2.75, 3.05) is 41.2 Å². The molecule has 2 N–H and O–H groups in total. The quantitative estimate of drug-likeness (QED) is 0.536. The molecule has 32 heavy (non-hydrogen) atoms. The van der Waals surface area contributed by atoms with Crippen LogP contribution in [0.2, 0.25) is 5.02 Å². The smallest absolute Gasteiger partial charge is 0.236 e. The maximum Gasteiger partial charge on any atom is 0.236 e. The first-order valence-corrected chi connectivity index (χ1v) is 12.2. The van der Waals surface area contributed by atoms with Gasteiger partial charge in [0.15, 0.2) is 0 Å². The SMILES string of the molecule is Cc1cc(Nc2ccc(NS(=O)(=O)Cc3cccc(Cl)c3)cc2)nc(N2CCOCC2)n1. The first-order chi connectivity index (χ1) is 15.4. The summed E-state index contributed by atoms with van der Waals surface area (Å²) in [6, 6.07) is 15.7. The predicted octanol–water partition coefficient (Wildman–Crippen LogP) is 3.96. The van der Waals surface area contributed by atoms with Crippen LogP contribution in [-0.2, 0) is 20.5 Å². The molecule has 1 aliphatic heterocycles. The fourth-order valence-corrected chi connectivity index (χ4v) is 4.75. The first-order valence-electron chi connectivity index (χ1n) is 10.2. The molecule has 0 unspecified atom stereocenters. The Morgan fingerprint density at radius 2 is 1.75 bits per heavy atom. The van der Waals surface area contributed by atoms with Crippen LogP contribution in [0.3, 0.4) is 0 Å². The number of nitrogens with zero attached hydrogens (tertiary/aromatic N) is 3. The Morgan fingerprint density at radius 3 is 2.47 bits per heavy atom. The molecule has 0 amide bonds. The number of morpholine rings is 1. The highest BCUT2D eigenvalue weighted by Crippen LogP contribution is 2.22. The molecule has 1 saturated heterocycles. The van der Waals surface area contributed by atoms with E-state index in [1.54, 1.807) is 48.5 Å². The van der Waals surface area contributed by atoms with Gasteiger partial charge >= 0.3 is 0 Å². The molecule has 0 spiro atoms. The van der Waals surface area contributed by atoms with Crippen molar-refractivity contribution in [3.05, 3.63) is 70.9 Å². The third-order valence-electron chi connectivity index (χ3n) is 4.81. The van der Waals surface area contributed by atoms with Gasteiger partial charge in [-0.15, -0.1) is 0 Å². The molecule has 1 aromatic heterocycles. The average molecular weight is 474 g/mol. The molecular weight excluding hydrogens is 450 g/mol. The summed E-state index contributed by atoms with van der Waals surface area (Å²) >= 11 is 5.94. The molecular formula is C22H24ClN5O3S. The van der Waals surface area contributed by atoms with Crippen molar-refractivity contribution in [2.24, 2.45) is 0 Å². The summed E-state index contributed by atoms with van der Waals surface area (Å²) in [7, 11) is -3.57. The highest BCUT2D eigenvalue weighted by molar-refractivity contribution is 7.91. The lowest BCUT2D eigenvalue weighted by Crippen LogP contribution is -2.37. The zero-order valence-electron chi connectivity index (χ0n) is 17.6. The molecule has 10 heteroatoms. The maximum atomic E-state index is 12.5. The number of benzene rings is 2. The van der Waals surface area contributed by atoms with E-state index in [-0.39, 0.29) is 5.75 Å². The van der Waals surface area contributed by atoms with Crippen LogP contribution in [0.25, 0.3) is 0 Å². The number of aryl methyl sites for hydroxylation is 1. The Balaban J connectivity index is 1.42. The molecule has 0 atom stereocenters. The van der Waals surface area contributed by atoms with Crippen LogP contribution < -0.4 is 14.9 Å². The highest BCUT2D eigenvalue weighted by atomic mass is 35.5. The van der Waals surface area contributed by atoms with Crippen LogP contribution in [0, 0.1) is 6.92 Å². The minimum atomic E-state index is -3.57. The largest absolute Gasteiger partial charge is 0.378 e. The van der Waals surface area contributed by atoms with Gasteiger partial charge in [-0.2, -0.15) is 4.98 Å². The summed E-state index contributed by atoms with van der Waals surface area (Å²) in [5, 5.41) is 3.76. The molecule has 3 aromatic rings. The molecule has 168 valence electrons. The Labute approximate surface area is 192 Å². The monoisotopic (exact) mass is 473 g/mol. The lowest BCUT2D eigenvalue weighted by atomic mass is 10.2. The van der Waals surface area contributed by atoms with E-state index in [0.29, 0.717) is 41.3 Å². The van der Waals surface area contributed by atoms with Gasteiger partial charge in [-0.05, 0) is 48.9 Å². The van der Waals surface area contributed by atoms with Gasteiger partial charge < -0.3 is 15.0 Å². The van der Waals surface area contributed by atoms with Gasteiger partial charge in [0.2, 0.25) is 16.0 Å². The minimum absolute atomic E-state index is 0.155. The fourth-order valence-electron chi connectivity index (χ4n) is 3.35. The lowest BCUT2D eigenvalue weighted by Gasteiger charge is -2.27. The average Bonchev–Trinajstić information content (AvgIpc) is 2.75. The van der Waals surface area contributed by atoms with Gasteiger partial charge in [0, 0.05) is 41.2 Å². The zero-order valence-corrected chi connectivity index (χ0v) is 19.2. The van der Waals surface area contributed by atoms with Crippen molar-refractivity contribution in [1.82, 2.24) is 9.97 Å². The van der Waals surface area contributed by atoms with Crippen molar-refractivity contribution in [2.45, 2.75) is 12.7 Å². The second-order valence-corrected chi connectivity index (χ2v) is 9.65. The summed E-state index contributed by atoms with van der Waals surface area (Å²) < 4.78 is 33.0. The first kappa shape index (κ1) is 22.3. The third-order valence-corrected chi connectivity index (χ3v) is 6.31. The number of aromatic nitrogens is 2. The number of nitrogens with one attached hydrogen (secondary N) is 2. The van der Waals surface area contributed by atoms with Gasteiger partial charge in [0.05, 0.1) is 19.0 Å². The molecule has 1 aliphatic rings. The van der Waals surface area contributed by atoms with Gasteiger partial charge in [-0.1, -0.05) is 23.7 Å². The second kappa shape index (κ2) is 9.72. The Hall–Kier alpha value is -2.88. The van der Waals surface area contributed by atoms with Crippen LogP contribution in [0.1, 0.15) is 11.3 Å². The van der Waals surface area contributed by atoms with E-state index in [1.165, 1.54) is 0 Å². The van der Waals surface area contributed by atoms with Crippen molar-refractivity contribution < 1.29 is 13.2 Å². The number of hydrogen-bond acceptors (Lipinski definition) is 7. The van der Waals surface area contributed by atoms with E-state index < -0.39 is 10.0 Å². The number of rotatable bonds is 7. The van der Waals surface area contributed by atoms with Crippen molar-refractivity contribution in [3.8, 4) is 0 Å². The van der Waals surface area contributed by atoms with E-state index in [0.717, 1.165) is 24.5 Å². The summed E-state index contributed by atoms with van der Waals surface area (Å²) in [5.41, 5.74) is 2.74. The number of halogens is 1. The normalized spacial score (nSPS) is 14.2. The summed E-state index contributed by atoms with van der Waals surface area (Å²) in [6.07, 6.45) is 0. The summed E-state index contributed by atoms with van der Waals surface area (Å²) in [5.74, 6) is 1.19. The van der Waals surface area contributed by atoms with Crippen LogP contribution in [0.5, 0.6) is 0 Å². The van der Waals surface area contributed by atoms with Crippen LogP contribution in [0.4, 0.5) is 23.1 Å². The van der Waals surface area contributed by atoms with E-state index in [4.69, 9.17) is 16.3 Å². The van der Waals surface area contributed by atoms with Crippen LogP contribution in [0.15, 0.2) is 54.6 Å². The molecule has 4 rings (SSSR count). The topological polar surface area (TPSA) is 96.5 Å². The van der Waals surface area contributed by atoms with Crippen LogP contribution >= 0.6 is 11.6 Å². The molecule has 0 bridgehead atoms. The van der Waals surface area contributed by atoms with Gasteiger partial charge in [0.25, 0.3) is 0 Å². The number of ether oxygens (including phenoxy) is 1. The van der Waals surface area contributed by atoms with Crippen molar-refractivity contribution in [1.29, 1.82) is 0 Å². The standard InChI is InChI=1S/C22H24ClN5O3S/c1-16-13-21(26-22(24-16)28-9-11-31-12-10-28)25-19-5-7-20(8-6-19)27-32(29,30)15-17-3-2-4-18(23)14-17/h2-8,13-14,27H,9-12,15H2,1H3,(H,24,25,26). The molecule has 0 radical (unpaired) electrons. The Morgan fingerprint density at radius 1 is 1.03 bits per heavy atom. The van der Waals surface area contributed by atoms with Crippen molar-refractivity contribution >= 4 is 44.8 Å². The molecule has 2 aromatic carbocycles. The van der Waals surface area contributed by atoms with E-state index in [9.17, 15) is 8.42 Å². The number of sulfonamides is 1. The van der Waals surface area contributed by atoms with Crippen LogP contribution in [-0.4, -0.2) is 44.7 Å². The van der Waals surface area contributed by atoms with Gasteiger partial charge in [-0.25, -0.2) is 13.4 Å². The highest BCUT2D eigenvalue weighted by Gasteiger charge is 2.15. The fraction of sp³-hybridized carbons (Fsp3) is 0.273. The predicted molar refractivity (Wildman–Crippen MR) is 127 cm³/mol. The van der Waals surface area contributed by atoms with E-state index >= 15 is 0 Å². The third kappa shape index (κ3) is 6.09. The number of anilines is 4. The molecule has 2 heterocycles. The van der Waals surface area contributed by atoms with Gasteiger partial charge in [-0.3, -0.25) is 4.72 Å². The Kier molecular flexibility index (Phi) is 6.78. The van der Waals surface area contributed by atoms with E-state index in [2.05, 4.69) is 24.9 Å². The molecule has 8 nitrogen and oxygen atoms in total. The molecule has 0 saturated carbocycles. The van der Waals surface area contributed by atoms with Gasteiger partial charge in [0.1, 0.15) is 5.82 Å².